The number of benzene rings is 2. The molecular formula is C18H20O. The minimum absolute atomic E-state index is 0.438. The molecule has 1 aliphatic carbocycles. The number of hydrogen-bond acceptors (Lipinski definition) is 1. The van der Waals surface area contributed by atoms with Crippen LogP contribution in [0, 0.1) is 13.8 Å². The van der Waals surface area contributed by atoms with Crippen molar-refractivity contribution in [2.24, 2.45) is 0 Å². The predicted octanol–water partition coefficient (Wildman–Crippen LogP) is 4.48. The quantitative estimate of drug-likeness (QED) is 0.793. The zero-order chi connectivity index (χ0) is 13.4. The Bertz CT molecular complexity index is 590. The van der Waals surface area contributed by atoms with Crippen LogP contribution in [0.25, 0.3) is 0 Å². The van der Waals surface area contributed by atoms with E-state index in [1.165, 1.54) is 36.0 Å². The molecule has 1 heteroatoms. The molecule has 98 valence electrons. The lowest BCUT2D eigenvalue weighted by molar-refractivity contribution is 0.466. The normalized spacial score (nSPS) is 18.1. The first kappa shape index (κ1) is 12.3. The van der Waals surface area contributed by atoms with Crippen LogP contribution in [0.15, 0.2) is 36.4 Å². The van der Waals surface area contributed by atoms with Gasteiger partial charge in [-0.15, -0.1) is 0 Å². The van der Waals surface area contributed by atoms with E-state index in [2.05, 4.69) is 36.4 Å². The van der Waals surface area contributed by atoms with Gasteiger partial charge in [0, 0.05) is 5.92 Å². The van der Waals surface area contributed by atoms with Gasteiger partial charge in [-0.1, -0.05) is 36.4 Å². The fourth-order valence-corrected chi connectivity index (χ4v) is 3.29. The molecule has 0 saturated carbocycles. The predicted molar refractivity (Wildman–Crippen MR) is 78.8 cm³/mol. The molecule has 0 spiro atoms. The second-order valence-electron chi connectivity index (χ2n) is 5.65. The number of hydrogen-bond donors (Lipinski definition) is 1. The van der Waals surface area contributed by atoms with Crippen molar-refractivity contribution in [3.63, 3.8) is 0 Å². The maximum atomic E-state index is 9.92. The van der Waals surface area contributed by atoms with Gasteiger partial charge in [-0.05, 0) is 60.9 Å². The van der Waals surface area contributed by atoms with Gasteiger partial charge in [0.05, 0.1) is 0 Å². The van der Waals surface area contributed by atoms with E-state index in [0.717, 1.165) is 11.1 Å². The summed E-state index contributed by atoms with van der Waals surface area (Å²) in [6.07, 6.45) is 3.66. The summed E-state index contributed by atoms with van der Waals surface area (Å²) in [6, 6.07) is 13.1. The average Bonchev–Trinajstić information content (AvgIpc) is 2.43. The van der Waals surface area contributed by atoms with Crippen LogP contribution >= 0.6 is 0 Å². The largest absolute Gasteiger partial charge is 0.507 e. The molecule has 19 heavy (non-hydrogen) atoms. The van der Waals surface area contributed by atoms with Crippen LogP contribution < -0.4 is 0 Å². The second kappa shape index (κ2) is 4.73. The highest BCUT2D eigenvalue weighted by molar-refractivity contribution is 5.47. The van der Waals surface area contributed by atoms with E-state index in [4.69, 9.17) is 0 Å². The summed E-state index contributed by atoms with van der Waals surface area (Å²) in [5.74, 6) is 0.927. The van der Waals surface area contributed by atoms with Gasteiger partial charge in [0.1, 0.15) is 5.75 Å². The molecule has 1 N–H and O–H groups in total. The second-order valence-corrected chi connectivity index (χ2v) is 5.65. The van der Waals surface area contributed by atoms with E-state index in [-0.39, 0.29) is 0 Å². The minimum atomic E-state index is 0.438. The molecule has 1 atom stereocenters. The third-order valence-corrected chi connectivity index (χ3v) is 4.29. The highest BCUT2D eigenvalue weighted by Crippen LogP contribution is 2.38. The van der Waals surface area contributed by atoms with Gasteiger partial charge in [0.2, 0.25) is 0 Å². The molecule has 0 bridgehead atoms. The lowest BCUT2D eigenvalue weighted by atomic mass is 9.78. The van der Waals surface area contributed by atoms with Crippen molar-refractivity contribution in [2.45, 2.75) is 39.0 Å². The Balaban J connectivity index is 2.09. The summed E-state index contributed by atoms with van der Waals surface area (Å²) in [6.45, 7) is 3.97. The lowest BCUT2D eigenvalue weighted by Crippen LogP contribution is -2.11. The molecule has 0 heterocycles. The van der Waals surface area contributed by atoms with Crippen molar-refractivity contribution in [1.82, 2.24) is 0 Å². The fraction of sp³-hybridized carbons (Fsp3) is 0.333. The van der Waals surface area contributed by atoms with Crippen molar-refractivity contribution in [3.05, 3.63) is 64.2 Å². The summed E-state index contributed by atoms with van der Waals surface area (Å²) in [4.78, 5) is 0. The lowest BCUT2D eigenvalue weighted by Gasteiger charge is -2.26. The van der Waals surface area contributed by atoms with Crippen LogP contribution in [0.4, 0.5) is 0 Å². The number of rotatable bonds is 1. The first-order valence-electron chi connectivity index (χ1n) is 7.04. The molecule has 1 nitrogen and oxygen atoms in total. The summed E-state index contributed by atoms with van der Waals surface area (Å²) >= 11 is 0. The maximum Gasteiger partial charge on any atom is 0.121 e. The fourth-order valence-electron chi connectivity index (χ4n) is 3.29. The molecule has 0 saturated heterocycles. The van der Waals surface area contributed by atoms with Crippen molar-refractivity contribution >= 4 is 0 Å². The van der Waals surface area contributed by atoms with Crippen molar-refractivity contribution in [2.75, 3.05) is 0 Å². The monoisotopic (exact) mass is 252 g/mol. The van der Waals surface area contributed by atoms with Crippen molar-refractivity contribution < 1.29 is 5.11 Å². The Morgan fingerprint density at radius 3 is 2.47 bits per heavy atom. The number of aryl methyl sites for hydroxylation is 3. The van der Waals surface area contributed by atoms with E-state index >= 15 is 0 Å². The Morgan fingerprint density at radius 2 is 1.74 bits per heavy atom. The third kappa shape index (κ3) is 2.14. The average molecular weight is 252 g/mol. The SMILES string of the molecule is Cc1cc(C2CCCc3ccccc32)cc(C)c1O. The molecule has 0 aromatic heterocycles. The molecule has 0 amide bonds. The molecule has 2 aromatic rings. The summed E-state index contributed by atoms with van der Waals surface area (Å²) < 4.78 is 0. The van der Waals surface area contributed by atoms with E-state index in [0.29, 0.717) is 11.7 Å². The van der Waals surface area contributed by atoms with Crippen LogP contribution in [0.5, 0.6) is 5.75 Å². The Labute approximate surface area is 114 Å². The van der Waals surface area contributed by atoms with Gasteiger partial charge in [0.25, 0.3) is 0 Å². The highest BCUT2D eigenvalue weighted by Gasteiger charge is 2.22. The van der Waals surface area contributed by atoms with E-state index in [9.17, 15) is 5.11 Å². The van der Waals surface area contributed by atoms with Crippen molar-refractivity contribution in [1.29, 1.82) is 0 Å². The molecule has 1 aliphatic rings. The number of aromatic hydroxyl groups is 1. The Hall–Kier alpha value is -1.76. The maximum absolute atomic E-state index is 9.92. The van der Waals surface area contributed by atoms with Crippen LogP contribution in [0.1, 0.15) is 46.6 Å². The van der Waals surface area contributed by atoms with Crippen LogP contribution in [0.3, 0.4) is 0 Å². The summed E-state index contributed by atoms with van der Waals surface area (Å²) in [5, 5.41) is 9.92. The minimum Gasteiger partial charge on any atom is -0.507 e. The zero-order valence-corrected chi connectivity index (χ0v) is 11.6. The first-order valence-corrected chi connectivity index (χ1v) is 7.04. The van der Waals surface area contributed by atoms with E-state index < -0.39 is 0 Å². The molecule has 2 aromatic carbocycles. The van der Waals surface area contributed by atoms with Gasteiger partial charge in [-0.3, -0.25) is 0 Å². The zero-order valence-electron chi connectivity index (χ0n) is 11.6. The third-order valence-electron chi connectivity index (χ3n) is 4.29. The first-order chi connectivity index (χ1) is 9.16. The number of fused-ring (bicyclic) bond motifs is 1. The standard InChI is InChI=1S/C18H20O/c1-12-10-15(11-13(2)18(12)19)17-9-5-7-14-6-3-4-8-16(14)17/h3-4,6,8,10-11,17,19H,5,7,9H2,1-2H3. The molecule has 3 rings (SSSR count). The smallest absolute Gasteiger partial charge is 0.121 e. The molecule has 1 unspecified atom stereocenters. The van der Waals surface area contributed by atoms with E-state index in [1.54, 1.807) is 0 Å². The van der Waals surface area contributed by atoms with Gasteiger partial charge in [-0.25, -0.2) is 0 Å². The van der Waals surface area contributed by atoms with Gasteiger partial charge in [-0.2, -0.15) is 0 Å². The molecule has 0 fully saturated rings. The number of phenols is 1. The van der Waals surface area contributed by atoms with Crippen LogP contribution in [0.2, 0.25) is 0 Å². The molecule has 0 radical (unpaired) electrons. The Kier molecular flexibility index (Phi) is 3.06. The number of phenolic OH excluding ortho intramolecular Hbond substituents is 1. The summed E-state index contributed by atoms with van der Waals surface area (Å²) in [7, 11) is 0. The van der Waals surface area contributed by atoms with E-state index in [1.807, 2.05) is 13.8 Å². The van der Waals surface area contributed by atoms with Crippen molar-refractivity contribution in [3.8, 4) is 5.75 Å². The Morgan fingerprint density at radius 1 is 1.05 bits per heavy atom. The molecule has 0 aliphatic heterocycles. The van der Waals surface area contributed by atoms with Gasteiger partial charge >= 0.3 is 0 Å². The van der Waals surface area contributed by atoms with Gasteiger partial charge in [0.15, 0.2) is 0 Å². The highest BCUT2D eigenvalue weighted by atomic mass is 16.3. The van der Waals surface area contributed by atoms with Crippen LogP contribution in [-0.2, 0) is 6.42 Å². The molecular weight excluding hydrogens is 232 g/mol. The summed E-state index contributed by atoms with van der Waals surface area (Å²) in [5.41, 5.74) is 6.27. The topological polar surface area (TPSA) is 20.2 Å². The van der Waals surface area contributed by atoms with Gasteiger partial charge < -0.3 is 5.11 Å². The van der Waals surface area contributed by atoms with Crippen LogP contribution in [-0.4, -0.2) is 5.11 Å².